The lowest BCUT2D eigenvalue weighted by atomic mass is 10.1. The zero-order valence-corrected chi connectivity index (χ0v) is 13.4. The van der Waals surface area contributed by atoms with Crippen LogP contribution in [0.4, 0.5) is 0 Å². The van der Waals surface area contributed by atoms with E-state index in [-0.39, 0.29) is 6.61 Å². The van der Waals surface area contributed by atoms with Gasteiger partial charge in [0, 0.05) is 17.5 Å². The summed E-state index contributed by atoms with van der Waals surface area (Å²) in [5.41, 5.74) is 1.19. The fourth-order valence-electron chi connectivity index (χ4n) is 1.72. The lowest BCUT2D eigenvalue weighted by Gasteiger charge is -2.16. The van der Waals surface area contributed by atoms with Crippen molar-refractivity contribution >= 4 is 17.9 Å². The minimum atomic E-state index is -1.20. The van der Waals surface area contributed by atoms with Crippen LogP contribution in [0.15, 0.2) is 22.6 Å². The minimum absolute atomic E-state index is 0.256. The maximum Gasteiger partial charge on any atom is 0.247 e. The summed E-state index contributed by atoms with van der Waals surface area (Å²) in [7, 11) is 0. The molecule has 0 bridgehead atoms. The first-order chi connectivity index (χ1) is 10.9. The van der Waals surface area contributed by atoms with Crippen LogP contribution in [-0.4, -0.2) is 34.0 Å². The van der Waals surface area contributed by atoms with Crippen LogP contribution in [0.25, 0.3) is 11.5 Å². The van der Waals surface area contributed by atoms with E-state index in [0.717, 1.165) is 0 Å². The van der Waals surface area contributed by atoms with Crippen LogP contribution in [0.2, 0.25) is 5.02 Å². The molecule has 0 unspecified atom stereocenters. The van der Waals surface area contributed by atoms with Crippen LogP contribution in [0.5, 0.6) is 0 Å². The zero-order chi connectivity index (χ0) is 16.9. The molecule has 0 radical (unpaired) electrons. The number of hydrogen-bond acceptors (Lipinski definition) is 6. The Hall–Kier alpha value is -2.20. The Morgan fingerprint density at radius 1 is 1.43 bits per heavy atom. The molecule has 23 heavy (non-hydrogen) atoms. The highest BCUT2D eigenvalue weighted by Gasteiger charge is 2.14. The van der Waals surface area contributed by atoms with Crippen molar-refractivity contribution in [3.63, 3.8) is 0 Å². The molecule has 1 aromatic heterocycles. The molecule has 0 saturated carbocycles. The van der Waals surface area contributed by atoms with Crippen molar-refractivity contribution in [3.05, 3.63) is 34.7 Å². The number of benzene rings is 1. The van der Waals surface area contributed by atoms with Crippen LogP contribution >= 0.6 is 11.6 Å². The highest BCUT2D eigenvalue weighted by atomic mass is 35.5. The number of halogens is 1. The first-order valence-corrected chi connectivity index (χ1v) is 7.20. The predicted octanol–water partition coefficient (Wildman–Crippen LogP) is 2.23. The largest absolute Gasteiger partial charge is 0.421 e. The van der Waals surface area contributed by atoms with E-state index in [4.69, 9.17) is 20.8 Å². The van der Waals surface area contributed by atoms with Crippen molar-refractivity contribution in [3.8, 4) is 23.3 Å². The van der Waals surface area contributed by atoms with Gasteiger partial charge >= 0.3 is 0 Å². The highest BCUT2D eigenvalue weighted by molar-refractivity contribution is 6.32. The summed E-state index contributed by atoms with van der Waals surface area (Å²) < 4.78 is 10.7. The van der Waals surface area contributed by atoms with E-state index >= 15 is 0 Å². The minimum Gasteiger partial charge on any atom is -0.421 e. The number of hydrogen-bond donors (Lipinski definition) is 1. The molecular weight excluding hydrogens is 320 g/mol. The van der Waals surface area contributed by atoms with Gasteiger partial charge in [-0.25, -0.2) is 0 Å². The van der Waals surface area contributed by atoms with Crippen LogP contribution in [0.1, 0.15) is 25.3 Å². The number of carbonyl (C=O) groups is 1. The summed E-state index contributed by atoms with van der Waals surface area (Å²) >= 11 is 6.10. The second-order valence-corrected chi connectivity index (χ2v) is 5.54. The van der Waals surface area contributed by atoms with E-state index in [0.29, 0.717) is 40.6 Å². The molecular formula is C16H15ClN2O4. The summed E-state index contributed by atoms with van der Waals surface area (Å²) in [6, 6.07) is 5.04. The molecule has 0 spiro atoms. The number of aldehydes is 1. The first kappa shape index (κ1) is 17.2. The molecule has 0 aliphatic rings. The molecule has 0 aliphatic carbocycles. The van der Waals surface area contributed by atoms with Gasteiger partial charge < -0.3 is 14.3 Å². The quantitative estimate of drug-likeness (QED) is 0.512. The van der Waals surface area contributed by atoms with Gasteiger partial charge in [0.15, 0.2) is 12.1 Å². The molecule has 0 saturated heterocycles. The van der Waals surface area contributed by atoms with Gasteiger partial charge in [0.1, 0.15) is 0 Å². The number of aliphatic hydroxyl groups is 1. The molecule has 1 heterocycles. The lowest BCUT2D eigenvalue weighted by Crippen LogP contribution is -2.24. The van der Waals surface area contributed by atoms with Crippen LogP contribution < -0.4 is 0 Å². The average Bonchev–Trinajstić information content (AvgIpc) is 2.93. The Morgan fingerprint density at radius 3 is 2.87 bits per heavy atom. The van der Waals surface area contributed by atoms with E-state index < -0.39 is 5.79 Å². The third-order valence-electron chi connectivity index (χ3n) is 2.72. The van der Waals surface area contributed by atoms with Crippen molar-refractivity contribution in [1.29, 1.82) is 0 Å². The summed E-state index contributed by atoms with van der Waals surface area (Å²) in [4.78, 5) is 10.3. The maximum absolute atomic E-state index is 10.3. The Kier molecular flexibility index (Phi) is 5.50. The van der Waals surface area contributed by atoms with Crippen LogP contribution in [0, 0.1) is 11.8 Å². The van der Waals surface area contributed by atoms with Gasteiger partial charge in [-0.15, -0.1) is 10.2 Å². The number of rotatable bonds is 5. The Bertz CT molecular complexity index is 753. The second kappa shape index (κ2) is 7.38. The summed E-state index contributed by atoms with van der Waals surface area (Å²) in [6.45, 7) is 3.35. The van der Waals surface area contributed by atoms with E-state index in [1.54, 1.807) is 32.0 Å². The van der Waals surface area contributed by atoms with Crippen molar-refractivity contribution in [2.45, 2.75) is 26.1 Å². The fourth-order valence-corrected chi connectivity index (χ4v) is 1.94. The maximum atomic E-state index is 10.3. The number of ether oxygens (including phenoxy) is 1. The monoisotopic (exact) mass is 334 g/mol. The molecule has 120 valence electrons. The summed E-state index contributed by atoms with van der Waals surface area (Å²) in [5.74, 6) is 4.45. The van der Waals surface area contributed by atoms with Gasteiger partial charge in [-0.2, -0.15) is 0 Å². The van der Waals surface area contributed by atoms with Crippen molar-refractivity contribution in [2.75, 3.05) is 6.61 Å². The lowest BCUT2D eigenvalue weighted by molar-refractivity contribution is -0.175. The van der Waals surface area contributed by atoms with Gasteiger partial charge in [0.2, 0.25) is 11.8 Å². The van der Waals surface area contributed by atoms with Gasteiger partial charge in [-0.1, -0.05) is 17.5 Å². The Balaban J connectivity index is 2.08. The highest BCUT2D eigenvalue weighted by Crippen LogP contribution is 2.24. The van der Waals surface area contributed by atoms with Crippen molar-refractivity contribution < 1.29 is 19.1 Å². The van der Waals surface area contributed by atoms with Crippen LogP contribution in [0.3, 0.4) is 0 Å². The molecule has 0 aliphatic heterocycles. The van der Waals surface area contributed by atoms with Gasteiger partial charge in [0.05, 0.1) is 11.6 Å². The molecule has 0 amide bonds. The van der Waals surface area contributed by atoms with E-state index in [2.05, 4.69) is 22.0 Å². The topological polar surface area (TPSA) is 85.5 Å². The standard InChI is InChI=1S/C16H15ClN2O4/c1-16(2,21)22-9-7-14-18-19-15(23-14)12-6-5-11(4-3-8-20)13(17)10-12/h5-6,8,10,21H,7,9H2,1-2H3. The molecule has 1 N–H and O–H groups in total. The number of carbonyl (C=O) groups excluding carboxylic acids is 1. The van der Waals surface area contributed by atoms with E-state index in [1.807, 2.05) is 0 Å². The molecule has 0 atom stereocenters. The van der Waals surface area contributed by atoms with E-state index in [9.17, 15) is 9.90 Å². The van der Waals surface area contributed by atoms with Gasteiger partial charge in [0.25, 0.3) is 0 Å². The predicted molar refractivity (Wildman–Crippen MR) is 83.6 cm³/mol. The third kappa shape index (κ3) is 5.18. The van der Waals surface area contributed by atoms with Crippen molar-refractivity contribution in [2.24, 2.45) is 0 Å². The molecule has 2 rings (SSSR count). The Morgan fingerprint density at radius 2 is 2.22 bits per heavy atom. The Labute approximate surface area is 138 Å². The van der Waals surface area contributed by atoms with Gasteiger partial charge in [-0.3, -0.25) is 4.79 Å². The fraction of sp³-hybridized carbons (Fsp3) is 0.312. The second-order valence-electron chi connectivity index (χ2n) is 5.13. The normalized spacial score (nSPS) is 11.0. The molecule has 6 nitrogen and oxygen atoms in total. The zero-order valence-electron chi connectivity index (χ0n) is 12.7. The molecule has 0 fully saturated rings. The van der Waals surface area contributed by atoms with E-state index in [1.165, 1.54) is 0 Å². The average molecular weight is 335 g/mol. The summed E-state index contributed by atoms with van der Waals surface area (Å²) in [5, 5.41) is 17.7. The smallest absolute Gasteiger partial charge is 0.247 e. The number of aromatic nitrogens is 2. The third-order valence-corrected chi connectivity index (χ3v) is 3.03. The first-order valence-electron chi connectivity index (χ1n) is 6.83. The molecule has 1 aromatic carbocycles. The molecule has 7 heteroatoms. The van der Waals surface area contributed by atoms with Crippen molar-refractivity contribution in [1.82, 2.24) is 10.2 Å². The van der Waals surface area contributed by atoms with Crippen LogP contribution in [-0.2, 0) is 16.0 Å². The SMILES string of the molecule is CC(C)(O)OCCc1nnc(-c2ccc(C#CC=O)c(Cl)c2)o1. The summed E-state index contributed by atoms with van der Waals surface area (Å²) in [6.07, 6.45) is 0.887. The number of nitrogens with zero attached hydrogens (tertiary/aromatic N) is 2. The molecule has 2 aromatic rings. The van der Waals surface area contributed by atoms with Gasteiger partial charge in [-0.05, 0) is 38.0 Å².